The zero-order valence-electron chi connectivity index (χ0n) is 11.4. The van der Waals surface area contributed by atoms with Crippen LogP contribution in [0.5, 0.6) is 0 Å². The molecule has 18 heavy (non-hydrogen) atoms. The number of ether oxygens (including phenoxy) is 1. The molecule has 1 aliphatic heterocycles. The Morgan fingerprint density at radius 1 is 1.61 bits per heavy atom. The number of nitrogens with zero attached hydrogens (tertiary/aromatic N) is 2. The Balaban J connectivity index is 2.16. The van der Waals surface area contributed by atoms with Gasteiger partial charge in [0.2, 0.25) is 0 Å². The lowest BCUT2D eigenvalue weighted by Gasteiger charge is -2.30. The topological polar surface area (TPSA) is 53.1 Å². The van der Waals surface area contributed by atoms with Crippen LogP contribution in [0.3, 0.4) is 0 Å². The molecular weight excluding hydrogens is 294 g/mol. The summed E-state index contributed by atoms with van der Waals surface area (Å²) in [5, 5.41) is 4.50. The highest BCUT2D eigenvalue weighted by Crippen LogP contribution is 2.31. The van der Waals surface area contributed by atoms with Crippen LogP contribution in [0.2, 0.25) is 0 Å². The molecule has 0 bridgehead atoms. The van der Waals surface area contributed by atoms with E-state index in [4.69, 9.17) is 10.5 Å². The van der Waals surface area contributed by atoms with Crippen molar-refractivity contribution in [1.29, 1.82) is 0 Å². The van der Waals surface area contributed by atoms with E-state index >= 15 is 0 Å². The monoisotopic (exact) mass is 315 g/mol. The van der Waals surface area contributed by atoms with E-state index in [0.29, 0.717) is 0 Å². The van der Waals surface area contributed by atoms with Crippen molar-refractivity contribution >= 4 is 15.9 Å². The van der Waals surface area contributed by atoms with Crippen LogP contribution in [0.1, 0.15) is 38.1 Å². The number of halogens is 1. The Hall–Kier alpha value is -0.390. The lowest BCUT2D eigenvalue weighted by Crippen LogP contribution is -2.46. The average Bonchev–Trinajstić information content (AvgIpc) is 2.89. The highest BCUT2D eigenvalue weighted by atomic mass is 79.9. The molecule has 1 saturated heterocycles. The van der Waals surface area contributed by atoms with Gasteiger partial charge in [-0.05, 0) is 42.1 Å². The zero-order chi connectivity index (χ0) is 13.3. The fourth-order valence-corrected chi connectivity index (χ4v) is 3.34. The first-order valence-electron chi connectivity index (χ1n) is 6.57. The molecule has 0 spiro atoms. The van der Waals surface area contributed by atoms with Crippen LogP contribution in [0.15, 0.2) is 4.47 Å². The maximum absolute atomic E-state index is 6.35. The van der Waals surface area contributed by atoms with E-state index in [1.54, 1.807) is 0 Å². The molecule has 2 atom stereocenters. The first-order valence-corrected chi connectivity index (χ1v) is 7.37. The lowest BCUT2D eigenvalue weighted by atomic mass is 9.90. The standard InChI is InChI=1S/C13H22BrN3O/c1-4-9-12(14)10(17(3)16-9)8-11(15)13(2)6-5-7-18-13/h11H,4-8,15H2,1-3H3. The summed E-state index contributed by atoms with van der Waals surface area (Å²) >= 11 is 3.64. The molecular formula is C13H22BrN3O. The summed E-state index contributed by atoms with van der Waals surface area (Å²) in [6.07, 6.45) is 3.87. The van der Waals surface area contributed by atoms with Crippen LogP contribution in [0, 0.1) is 0 Å². The van der Waals surface area contributed by atoms with Crippen LogP contribution in [0.4, 0.5) is 0 Å². The molecule has 0 saturated carbocycles. The second kappa shape index (κ2) is 5.31. The zero-order valence-corrected chi connectivity index (χ0v) is 13.0. The lowest BCUT2D eigenvalue weighted by molar-refractivity contribution is -0.00134. The van der Waals surface area contributed by atoms with Crippen molar-refractivity contribution in [3.05, 3.63) is 15.9 Å². The second-order valence-electron chi connectivity index (χ2n) is 5.26. The SMILES string of the molecule is CCc1nn(C)c(CC(N)C2(C)CCCO2)c1Br. The number of rotatable bonds is 4. The van der Waals surface area contributed by atoms with Gasteiger partial charge in [-0.25, -0.2) is 0 Å². The van der Waals surface area contributed by atoms with Crippen molar-refractivity contribution in [2.24, 2.45) is 12.8 Å². The Kier molecular flexibility index (Phi) is 4.14. The van der Waals surface area contributed by atoms with Gasteiger partial charge in [0, 0.05) is 26.1 Å². The first-order chi connectivity index (χ1) is 8.48. The van der Waals surface area contributed by atoms with E-state index in [2.05, 4.69) is 34.9 Å². The van der Waals surface area contributed by atoms with E-state index in [-0.39, 0.29) is 11.6 Å². The third kappa shape index (κ3) is 2.49. The van der Waals surface area contributed by atoms with Crippen LogP contribution in [-0.4, -0.2) is 28.0 Å². The van der Waals surface area contributed by atoms with Gasteiger partial charge in [-0.1, -0.05) is 6.92 Å². The number of aryl methyl sites for hydroxylation is 2. The predicted molar refractivity (Wildman–Crippen MR) is 75.6 cm³/mol. The second-order valence-corrected chi connectivity index (χ2v) is 6.05. The quantitative estimate of drug-likeness (QED) is 0.926. The maximum atomic E-state index is 6.35. The van der Waals surface area contributed by atoms with Gasteiger partial charge in [0.1, 0.15) is 0 Å². The molecule has 0 amide bonds. The van der Waals surface area contributed by atoms with Gasteiger partial charge in [0.05, 0.1) is 21.5 Å². The van der Waals surface area contributed by atoms with E-state index in [1.807, 2.05) is 11.7 Å². The minimum atomic E-state index is -0.184. The highest BCUT2D eigenvalue weighted by molar-refractivity contribution is 9.10. The van der Waals surface area contributed by atoms with Crippen LogP contribution in [-0.2, 0) is 24.6 Å². The molecule has 2 heterocycles. The van der Waals surface area contributed by atoms with Crippen LogP contribution < -0.4 is 5.73 Å². The molecule has 2 rings (SSSR count). The normalized spacial score (nSPS) is 25.6. The fourth-order valence-electron chi connectivity index (χ4n) is 2.56. The molecule has 5 heteroatoms. The summed E-state index contributed by atoms with van der Waals surface area (Å²) in [6.45, 7) is 5.06. The Bertz CT molecular complexity index is 424. The van der Waals surface area contributed by atoms with Crippen molar-refractivity contribution in [3.63, 3.8) is 0 Å². The maximum Gasteiger partial charge on any atom is 0.0809 e. The number of hydrogen-bond acceptors (Lipinski definition) is 3. The Morgan fingerprint density at radius 2 is 2.33 bits per heavy atom. The minimum absolute atomic E-state index is 0.0106. The largest absolute Gasteiger partial charge is 0.374 e. The summed E-state index contributed by atoms with van der Waals surface area (Å²) in [7, 11) is 1.98. The third-order valence-electron chi connectivity index (χ3n) is 3.95. The van der Waals surface area contributed by atoms with Gasteiger partial charge in [-0.15, -0.1) is 0 Å². The molecule has 0 aliphatic carbocycles. The van der Waals surface area contributed by atoms with Gasteiger partial charge in [-0.3, -0.25) is 4.68 Å². The van der Waals surface area contributed by atoms with Gasteiger partial charge in [-0.2, -0.15) is 5.10 Å². The van der Waals surface area contributed by atoms with Crippen molar-refractivity contribution in [2.45, 2.75) is 51.2 Å². The summed E-state index contributed by atoms with van der Waals surface area (Å²) in [6, 6.07) is 0.0106. The molecule has 4 nitrogen and oxygen atoms in total. The molecule has 2 unspecified atom stereocenters. The highest BCUT2D eigenvalue weighted by Gasteiger charge is 2.37. The summed E-state index contributed by atoms with van der Waals surface area (Å²) in [5.74, 6) is 0. The first kappa shape index (κ1) is 14.0. The van der Waals surface area contributed by atoms with Crippen molar-refractivity contribution in [2.75, 3.05) is 6.61 Å². The Morgan fingerprint density at radius 3 is 2.83 bits per heavy atom. The molecule has 1 fully saturated rings. The number of nitrogens with two attached hydrogens (primary N) is 1. The summed E-state index contributed by atoms with van der Waals surface area (Å²) in [4.78, 5) is 0. The third-order valence-corrected chi connectivity index (χ3v) is 4.87. The van der Waals surface area contributed by atoms with Gasteiger partial charge in [0.15, 0.2) is 0 Å². The van der Waals surface area contributed by atoms with E-state index < -0.39 is 0 Å². The fraction of sp³-hybridized carbons (Fsp3) is 0.769. The van der Waals surface area contributed by atoms with E-state index in [1.165, 1.54) is 0 Å². The van der Waals surface area contributed by atoms with Gasteiger partial charge in [0.25, 0.3) is 0 Å². The smallest absolute Gasteiger partial charge is 0.0809 e. The van der Waals surface area contributed by atoms with Crippen molar-refractivity contribution < 1.29 is 4.74 Å². The van der Waals surface area contributed by atoms with Gasteiger partial charge >= 0.3 is 0 Å². The molecule has 1 aromatic rings. The van der Waals surface area contributed by atoms with E-state index in [9.17, 15) is 0 Å². The summed E-state index contributed by atoms with van der Waals surface area (Å²) < 4.78 is 8.85. The van der Waals surface area contributed by atoms with Crippen LogP contribution >= 0.6 is 15.9 Å². The molecule has 2 N–H and O–H groups in total. The van der Waals surface area contributed by atoms with Crippen molar-refractivity contribution in [3.8, 4) is 0 Å². The van der Waals surface area contributed by atoms with Crippen molar-refractivity contribution in [1.82, 2.24) is 9.78 Å². The molecule has 0 aromatic carbocycles. The summed E-state index contributed by atoms with van der Waals surface area (Å²) in [5.41, 5.74) is 8.42. The molecule has 1 aromatic heterocycles. The predicted octanol–water partition coefficient (Wildman–Crippen LogP) is 2.18. The minimum Gasteiger partial charge on any atom is -0.374 e. The number of hydrogen-bond donors (Lipinski definition) is 1. The molecule has 102 valence electrons. The van der Waals surface area contributed by atoms with E-state index in [0.717, 1.165) is 48.2 Å². The van der Waals surface area contributed by atoms with Crippen LogP contribution in [0.25, 0.3) is 0 Å². The number of aromatic nitrogens is 2. The van der Waals surface area contributed by atoms with Gasteiger partial charge < -0.3 is 10.5 Å². The Labute approximate surface area is 117 Å². The molecule has 1 aliphatic rings. The average molecular weight is 316 g/mol. The molecule has 0 radical (unpaired) electrons.